The number of morpholine rings is 1. The molecule has 1 fully saturated rings. The lowest BCUT2D eigenvalue weighted by atomic mass is 10.1. The Hall–Kier alpha value is -1.13. The molecule has 17 heavy (non-hydrogen) atoms. The molecule has 0 saturated carbocycles. The fraction of sp³-hybridized carbons (Fsp3) is 0.615. The second-order valence-corrected chi connectivity index (χ2v) is 4.68. The van der Waals surface area contributed by atoms with Gasteiger partial charge in [0.1, 0.15) is 5.82 Å². The van der Waals surface area contributed by atoms with Gasteiger partial charge in [0.15, 0.2) is 0 Å². The van der Waals surface area contributed by atoms with Crippen LogP contribution in [0.4, 0.5) is 5.82 Å². The highest BCUT2D eigenvalue weighted by molar-refractivity contribution is 5.30. The summed E-state index contributed by atoms with van der Waals surface area (Å²) in [5, 5.41) is 0. The van der Waals surface area contributed by atoms with Crippen LogP contribution in [0.3, 0.4) is 0 Å². The van der Waals surface area contributed by atoms with Gasteiger partial charge >= 0.3 is 0 Å². The molecule has 1 saturated heterocycles. The van der Waals surface area contributed by atoms with E-state index in [9.17, 15) is 0 Å². The van der Waals surface area contributed by atoms with Gasteiger partial charge in [-0.25, -0.2) is 4.98 Å². The number of rotatable bonds is 3. The Morgan fingerprint density at radius 1 is 1.53 bits per heavy atom. The molecule has 1 aromatic heterocycles. The van der Waals surface area contributed by atoms with E-state index in [1.165, 1.54) is 6.42 Å². The summed E-state index contributed by atoms with van der Waals surface area (Å²) >= 11 is 0. The molecular weight excluding hydrogens is 214 g/mol. The molecule has 1 aromatic rings. The molecular formula is C13H21N3O. The molecule has 2 atom stereocenters. The highest BCUT2D eigenvalue weighted by atomic mass is 16.5. The molecule has 4 heteroatoms. The van der Waals surface area contributed by atoms with Crippen LogP contribution in [0.2, 0.25) is 0 Å². The SMILES string of the molecule is CCCN1C[C@H](c2ccc(N)nc2)OC[C@@H]1C. The first-order chi connectivity index (χ1) is 8.20. The fourth-order valence-electron chi connectivity index (χ4n) is 2.21. The molecule has 0 bridgehead atoms. The van der Waals surface area contributed by atoms with Crippen LogP contribution in [0.1, 0.15) is 31.9 Å². The van der Waals surface area contributed by atoms with Crippen molar-refractivity contribution in [3.63, 3.8) is 0 Å². The Bertz CT molecular complexity index is 352. The smallest absolute Gasteiger partial charge is 0.123 e. The number of nitrogen functional groups attached to an aromatic ring is 1. The summed E-state index contributed by atoms with van der Waals surface area (Å²) in [5.74, 6) is 0.559. The second-order valence-electron chi connectivity index (χ2n) is 4.68. The van der Waals surface area contributed by atoms with Crippen LogP contribution in [0, 0.1) is 0 Å². The first-order valence-corrected chi connectivity index (χ1v) is 6.27. The zero-order valence-corrected chi connectivity index (χ0v) is 10.6. The van der Waals surface area contributed by atoms with Gasteiger partial charge in [0.2, 0.25) is 0 Å². The maximum absolute atomic E-state index is 5.87. The molecule has 2 heterocycles. The maximum Gasteiger partial charge on any atom is 0.123 e. The summed E-state index contributed by atoms with van der Waals surface area (Å²) in [5.41, 5.74) is 6.71. The van der Waals surface area contributed by atoms with Crippen LogP contribution in [-0.2, 0) is 4.74 Å². The third-order valence-electron chi connectivity index (χ3n) is 3.25. The van der Waals surface area contributed by atoms with Crippen molar-refractivity contribution in [2.45, 2.75) is 32.4 Å². The van der Waals surface area contributed by atoms with E-state index in [1.807, 2.05) is 18.3 Å². The van der Waals surface area contributed by atoms with Crippen LogP contribution in [-0.4, -0.2) is 35.6 Å². The third kappa shape index (κ3) is 2.96. The van der Waals surface area contributed by atoms with E-state index >= 15 is 0 Å². The molecule has 2 N–H and O–H groups in total. The van der Waals surface area contributed by atoms with Gasteiger partial charge in [-0.1, -0.05) is 13.0 Å². The average molecular weight is 235 g/mol. The predicted molar refractivity (Wildman–Crippen MR) is 68.7 cm³/mol. The van der Waals surface area contributed by atoms with E-state index in [4.69, 9.17) is 10.5 Å². The Labute approximate surface area is 103 Å². The first-order valence-electron chi connectivity index (χ1n) is 6.27. The minimum atomic E-state index is 0.130. The van der Waals surface area contributed by atoms with Crippen molar-refractivity contribution < 1.29 is 4.74 Å². The lowest BCUT2D eigenvalue weighted by molar-refractivity contribution is -0.0599. The number of aromatic nitrogens is 1. The quantitative estimate of drug-likeness (QED) is 0.868. The van der Waals surface area contributed by atoms with Crippen molar-refractivity contribution >= 4 is 5.82 Å². The molecule has 0 spiro atoms. The molecule has 4 nitrogen and oxygen atoms in total. The normalized spacial score (nSPS) is 26.0. The summed E-state index contributed by atoms with van der Waals surface area (Å²) in [6, 6.07) is 4.35. The lowest BCUT2D eigenvalue weighted by Crippen LogP contribution is -2.45. The lowest BCUT2D eigenvalue weighted by Gasteiger charge is -2.38. The standard InChI is InChI=1S/C13H21N3O/c1-3-6-16-8-12(17-9-10(16)2)11-4-5-13(14)15-7-11/h4-5,7,10,12H,3,6,8-9H2,1-2H3,(H2,14,15)/t10-,12+/m0/s1. The molecule has 2 rings (SSSR count). The zero-order chi connectivity index (χ0) is 12.3. The third-order valence-corrected chi connectivity index (χ3v) is 3.25. The summed E-state index contributed by atoms with van der Waals surface area (Å²) < 4.78 is 5.87. The number of hydrogen-bond acceptors (Lipinski definition) is 4. The van der Waals surface area contributed by atoms with Crippen LogP contribution in [0.5, 0.6) is 0 Å². The Balaban J connectivity index is 2.04. The molecule has 94 valence electrons. The maximum atomic E-state index is 5.87. The molecule has 0 aromatic carbocycles. The van der Waals surface area contributed by atoms with Gasteiger partial charge in [-0.2, -0.15) is 0 Å². The summed E-state index contributed by atoms with van der Waals surface area (Å²) in [6.07, 6.45) is 3.13. The second kappa shape index (κ2) is 5.47. The summed E-state index contributed by atoms with van der Waals surface area (Å²) in [7, 11) is 0. The van der Waals surface area contributed by atoms with Gasteiger partial charge in [0, 0.05) is 24.3 Å². The number of anilines is 1. The van der Waals surface area contributed by atoms with Crippen LogP contribution >= 0.6 is 0 Å². The molecule has 0 aliphatic carbocycles. The molecule has 1 aliphatic heterocycles. The number of ether oxygens (including phenoxy) is 1. The van der Waals surface area contributed by atoms with E-state index in [1.54, 1.807) is 0 Å². The van der Waals surface area contributed by atoms with Gasteiger partial charge < -0.3 is 10.5 Å². The minimum Gasteiger partial charge on any atom is -0.384 e. The highest BCUT2D eigenvalue weighted by Crippen LogP contribution is 2.24. The van der Waals surface area contributed by atoms with Crippen molar-refractivity contribution in [3.8, 4) is 0 Å². The van der Waals surface area contributed by atoms with E-state index < -0.39 is 0 Å². The number of hydrogen-bond donors (Lipinski definition) is 1. The van der Waals surface area contributed by atoms with Crippen molar-refractivity contribution in [2.75, 3.05) is 25.4 Å². The molecule has 1 aliphatic rings. The summed E-state index contributed by atoms with van der Waals surface area (Å²) in [6.45, 7) is 7.29. The first kappa shape index (κ1) is 12.3. The average Bonchev–Trinajstić information content (AvgIpc) is 2.33. The Kier molecular flexibility index (Phi) is 3.97. The van der Waals surface area contributed by atoms with E-state index in [0.717, 1.165) is 25.3 Å². The van der Waals surface area contributed by atoms with Crippen LogP contribution in [0.25, 0.3) is 0 Å². The monoisotopic (exact) mass is 235 g/mol. The Morgan fingerprint density at radius 3 is 3.00 bits per heavy atom. The number of nitrogens with two attached hydrogens (primary N) is 1. The molecule has 0 radical (unpaired) electrons. The van der Waals surface area contributed by atoms with Crippen molar-refractivity contribution in [3.05, 3.63) is 23.9 Å². The van der Waals surface area contributed by atoms with Gasteiger partial charge in [-0.15, -0.1) is 0 Å². The van der Waals surface area contributed by atoms with Crippen molar-refractivity contribution in [2.24, 2.45) is 0 Å². The largest absolute Gasteiger partial charge is 0.384 e. The van der Waals surface area contributed by atoms with E-state index in [2.05, 4.69) is 23.7 Å². The van der Waals surface area contributed by atoms with Gasteiger partial charge in [-0.3, -0.25) is 4.90 Å². The number of pyridine rings is 1. The fourth-order valence-corrected chi connectivity index (χ4v) is 2.21. The van der Waals surface area contributed by atoms with E-state index in [0.29, 0.717) is 11.9 Å². The predicted octanol–water partition coefficient (Wildman–Crippen LogP) is 1.84. The summed E-state index contributed by atoms with van der Waals surface area (Å²) in [4.78, 5) is 6.60. The molecule has 0 amide bonds. The van der Waals surface area contributed by atoms with Crippen molar-refractivity contribution in [1.29, 1.82) is 0 Å². The van der Waals surface area contributed by atoms with Crippen LogP contribution < -0.4 is 5.73 Å². The Morgan fingerprint density at radius 2 is 2.35 bits per heavy atom. The van der Waals surface area contributed by atoms with Gasteiger partial charge in [0.05, 0.1) is 12.7 Å². The minimum absolute atomic E-state index is 0.130. The van der Waals surface area contributed by atoms with Gasteiger partial charge in [0.25, 0.3) is 0 Å². The highest BCUT2D eigenvalue weighted by Gasteiger charge is 2.26. The van der Waals surface area contributed by atoms with Gasteiger partial charge in [-0.05, 0) is 26.0 Å². The van der Waals surface area contributed by atoms with Crippen LogP contribution in [0.15, 0.2) is 18.3 Å². The number of nitrogens with zero attached hydrogens (tertiary/aromatic N) is 2. The zero-order valence-electron chi connectivity index (χ0n) is 10.6. The van der Waals surface area contributed by atoms with Crippen molar-refractivity contribution in [1.82, 2.24) is 9.88 Å². The topological polar surface area (TPSA) is 51.4 Å². The molecule has 0 unspecified atom stereocenters. The van der Waals surface area contributed by atoms with E-state index in [-0.39, 0.29) is 6.10 Å².